The molecular formula is C82H53N9. The first kappa shape index (κ1) is 51.0. The van der Waals surface area contributed by atoms with Gasteiger partial charge in [0.15, 0.2) is 0 Å². The molecule has 0 amide bonds. The van der Waals surface area contributed by atoms with Crippen LogP contribution in [0, 0.1) is 0 Å². The topological polar surface area (TPSA) is 84.2 Å². The minimum absolute atomic E-state index is 0.143. The summed E-state index contributed by atoms with van der Waals surface area (Å²) in [6.45, 7) is 4.73. The van der Waals surface area contributed by atoms with E-state index in [0.29, 0.717) is 11.9 Å². The Hall–Kier alpha value is -12.1. The van der Waals surface area contributed by atoms with Gasteiger partial charge >= 0.3 is 0 Å². The van der Waals surface area contributed by atoms with Gasteiger partial charge in [-0.15, -0.1) is 0 Å². The normalized spacial score (nSPS) is 12.8. The van der Waals surface area contributed by atoms with Crippen molar-refractivity contribution in [1.29, 1.82) is 0 Å². The second kappa shape index (κ2) is 19.5. The van der Waals surface area contributed by atoms with Crippen LogP contribution in [-0.4, -0.2) is 43.2 Å². The van der Waals surface area contributed by atoms with Crippen molar-refractivity contribution in [2.75, 3.05) is 0 Å². The summed E-state index contributed by atoms with van der Waals surface area (Å²) in [6.07, 6.45) is 3.15. The van der Waals surface area contributed by atoms with Gasteiger partial charge in [0.05, 0.1) is 55.5 Å². The van der Waals surface area contributed by atoms with Gasteiger partial charge in [0.2, 0.25) is 11.9 Å². The number of hydrogen-bond donors (Lipinski definition) is 0. The molecule has 0 atom stereocenters. The zero-order valence-corrected chi connectivity index (χ0v) is 49.7. The molecule has 9 nitrogen and oxygen atoms in total. The Balaban J connectivity index is 0.822. The predicted octanol–water partition coefficient (Wildman–Crippen LogP) is 20.0. The zero-order valence-electron chi connectivity index (χ0n) is 49.7. The quantitative estimate of drug-likeness (QED) is 0.151. The first-order valence-electron chi connectivity index (χ1n) is 30.9. The average molecular weight is 1160 g/mol. The van der Waals surface area contributed by atoms with Crippen LogP contribution < -0.4 is 0 Å². The maximum Gasteiger partial charge on any atom is 0.237 e. The number of para-hydroxylation sites is 3. The molecule has 426 valence electrons. The van der Waals surface area contributed by atoms with E-state index in [1.165, 1.54) is 49.4 Å². The zero-order chi connectivity index (χ0) is 60.1. The fraction of sp³-hybridized carbons (Fsp3) is 0.0366. The van der Waals surface area contributed by atoms with Gasteiger partial charge in [-0.1, -0.05) is 178 Å². The minimum Gasteiger partial charge on any atom is -0.309 e. The van der Waals surface area contributed by atoms with E-state index >= 15 is 0 Å². The monoisotopic (exact) mass is 1160 g/mol. The summed E-state index contributed by atoms with van der Waals surface area (Å²) in [5, 5.41) is 9.15. The van der Waals surface area contributed by atoms with Crippen LogP contribution in [-0.2, 0) is 5.41 Å². The molecule has 91 heavy (non-hydrogen) atoms. The third kappa shape index (κ3) is 7.68. The van der Waals surface area contributed by atoms with Gasteiger partial charge in [0.25, 0.3) is 0 Å². The van der Waals surface area contributed by atoms with Gasteiger partial charge in [-0.2, -0.15) is 0 Å². The summed E-state index contributed by atoms with van der Waals surface area (Å²) in [4.78, 5) is 24.6. The molecule has 0 aliphatic heterocycles. The highest BCUT2D eigenvalue weighted by Gasteiger charge is 2.36. The molecule has 0 saturated carbocycles. The first-order valence-corrected chi connectivity index (χ1v) is 30.9. The van der Waals surface area contributed by atoms with Gasteiger partial charge in [0, 0.05) is 71.0 Å². The molecule has 0 N–H and O–H groups in total. The number of rotatable bonds is 8. The van der Waals surface area contributed by atoms with Crippen molar-refractivity contribution in [3.63, 3.8) is 0 Å². The molecule has 0 saturated heterocycles. The smallest absolute Gasteiger partial charge is 0.237 e. The number of aromatic nitrogens is 9. The lowest BCUT2D eigenvalue weighted by atomic mass is 9.82. The van der Waals surface area contributed by atoms with E-state index in [-0.39, 0.29) is 5.41 Å². The van der Waals surface area contributed by atoms with E-state index in [2.05, 4.69) is 298 Å². The van der Waals surface area contributed by atoms with Crippen LogP contribution in [0.4, 0.5) is 0 Å². The second-order valence-electron chi connectivity index (χ2n) is 24.5. The Bertz CT molecular complexity index is 5960. The number of hydrogen-bond acceptors (Lipinski definition) is 5. The molecule has 0 fully saturated rings. The number of nitrogens with zero attached hydrogens (tertiary/aromatic N) is 9. The van der Waals surface area contributed by atoms with Crippen LogP contribution in [0.3, 0.4) is 0 Å². The Morgan fingerprint density at radius 3 is 1.20 bits per heavy atom. The van der Waals surface area contributed by atoms with Gasteiger partial charge in [-0.25, -0.2) is 24.9 Å². The molecule has 0 radical (unpaired) electrons. The fourth-order valence-corrected chi connectivity index (χ4v) is 15.0. The lowest BCUT2D eigenvalue weighted by Gasteiger charge is -2.21. The molecule has 0 bridgehead atoms. The van der Waals surface area contributed by atoms with E-state index in [1.54, 1.807) is 12.7 Å². The largest absolute Gasteiger partial charge is 0.309 e. The van der Waals surface area contributed by atoms with Crippen molar-refractivity contribution in [3.05, 3.63) is 297 Å². The highest BCUT2D eigenvalue weighted by molar-refractivity contribution is 6.20. The first-order chi connectivity index (χ1) is 44.9. The molecule has 0 spiro atoms. The van der Waals surface area contributed by atoms with Crippen molar-refractivity contribution >= 4 is 87.2 Å². The van der Waals surface area contributed by atoms with Gasteiger partial charge in [-0.05, 0) is 154 Å². The third-order valence-corrected chi connectivity index (χ3v) is 19.2. The van der Waals surface area contributed by atoms with Crippen LogP contribution in [0.5, 0.6) is 0 Å². The molecule has 0 unspecified atom stereocenters. The van der Waals surface area contributed by atoms with E-state index in [9.17, 15) is 0 Å². The summed E-state index contributed by atoms with van der Waals surface area (Å²) in [5.41, 5.74) is 24.3. The van der Waals surface area contributed by atoms with Crippen LogP contribution >= 0.6 is 0 Å². The number of fused-ring (bicyclic) bond motifs is 15. The van der Waals surface area contributed by atoms with Gasteiger partial charge < -0.3 is 9.13 Å². The minimum atomic E-state index is -0.143. The SMILES string of the molecule is CC1(C)c2ccccc2-c2cc3c(cc21)c1cc(-c2ccc4c(c2)c2cc(-c5ccc6c(c5)c5cc7c(cc5n6-c5nc(-c6ccccc6)cc(-c6ccccc6)n5)c5ccccc5n7-c5ccccc5)ccc2n4-c2ncncn2)ccc1n3-c1ccccc1. The second-order valence-corrected chi connectivity index (χ2v) is 24.5. The summed E-state index contributed by atoms with van der Waals surface area (Å²) in [7, 11) is 0. The van der Waals surface area contributed by atoms with Crippen molar-refractivity contribution in [3.8, 4) is 79.2 Å². The summed E-state index contributed by atoms with van der Waals surface area (Å²) in [6, 6.07) is 99.2. The van der Waals surface area contributed by atoms with Crippen molar-refractivity contribution in [1.82, 2.24) is 43.2 Å². The average Bonchev–Trinajstić information content (AvgIpc) is 1.66. The molecule has 1 aliphatic carbocycles. The van der Waals surface area contributed by atoms with E-state index in [1.807, 2.05) is 12.1 Å². The summed E-state index contributed by atoms with van der Waals surface area (Å²) < 4.78 is 9.28. The molecular weight excluding hydrogens is 1110 g/mol. The standard InChI is InChI=1S/C82H53N9/c1-82(2)68-29-17-15-27-58(68)60-44-77-65(43-69(60)82)63-41-52(31-35-73(63)89(77)57-25-13-6-14-26-57)53-32-36-74-61(39-53)62-40-54(33-37-75(62)90(74)80-84-48-83-49-85-80)55-34-38-76-64(42-55)67-46-78-66(59-28-16-18-30-72(59)88(78)56-23-11-5-12-24-56)45-79(67)91(76)81-86-70(50-19-7-3-8-20-50)47-71(87-81)51-21-9-4-10-22-51/h3-49H,1-2H3. The Morgan fingerprint density at radius 2 is 0.659 bits per heavy atom. The Morgan fingerprint density at radius 1 is 0.264 bits per heavy atom. The third-order valence-electron chi connectivity index (χ3n) is 19.2. The molecule has 9 heteroatoms. The summed E-state index contributed by atoms with van der Waals surface area (Å²) >= 11 is 0. The van der Waals surface area contributed by atoms with E-state index in [4.69, 9.17) is 19.9 Å². The fourth-order valence-electron chi connectivity index (χ4n) is 15.0. The number of benzene rings is 12. The Labute approximate surface area is 522 Å². The maximum atomic E-state index is 5.46. The highest BCUT2D eigenvalue weighted by atomic mass is 15.2. The lowest BCUT2D eigenvalue weighted by molar-refractivity contribution is 0.661. The van der Waals surface area contributed by atoms with Crippen LogP contribution in [0.25, 0.3) is 166 Å². The lowest BCUT2D eigenvalue weighted by Crippen LogP contribution is -2.14. The van der Waals surface area contributed by atoms with E-state index in [0.717, 1.165) is 116 Å². The van der Waals surface area contributed by atoms with Crippen molar-refractivity contribution < 1.29 is 0 Å². The van der Waals surface area contributed by atoms with Crippen molar-refractivity contribution in [2.45, 2.75) is 19.3 Å². The van der Waals surface area contributed by atoms with Gasteiger partial charge in [-0.3, -0.25) is 9.13 Å². The van der Waals surface area contributed by atoms with Crippen LogP contribution in [0.2, 0.25) is 0 Å². The molecule has 6 aromatic heterocycles. The van der Waals surface area contributed by atoms with Crippen LogP contribution in [0.1, 0.15) is 25.0 Å². The molecule has 1 aliphatic rings. The molecule has 6 heterocycles. The molecule has 12 aromatic carbocycles. The Kier molecular flexibility index (Phi) is 10.9. The van der Waals surface area contributed by atoms with E-state index < -0.39 is 0 Å². The molecule has 19 rings (SSSR count). The van der Waals surface area contributed by atoms with Gasteiger partial charge in [0.1, 0.15) is 12.7 Å². The highest BCUT2D eigenvalue weighted by Crippen LogP contribution is 2.52. The summed E-state index contributed by atoms with van der Waals surface area (Å²) in [5.74, 6) is 1.16. The maximum absolute atomic E-state index is 5.46. The van der Waals surface area contributed by atoms with Crippen LogP contribution in [0.15, 0.2) is 286 Å². The van der Waals surface area contributed by atoms with Crippen molar-refractivity contribution in [2.24, 2.45) is 0 Å². The molecule has 18 aromatic rings. The predicted molar refractivity (Wildman–Crippen MR) is 372 cm³/mol.